The third-order valence-electron chi connectivity index (χ3n) is 14.2. The van der Waals surface area contributed by atoms with Crippen LogP contribution in [0.4, 0.5) is 0 Å². The second-order valence-electron chi connectivity index (χ2n) is 21.0. The van der Waals surface area contributed by atoms with Gasteiger partial charge in [-0.2, -0.15) is 0 Å². The smallest absolute Gasteiger partial charge is 0.305 e. The lowest BCUT2D eigenvalue weighted by Gasteiger charge is -2.20. The number of unbranched alkanes of at least 4 members (excludes halogenated alkanes) is 42. The molecule has 0 heterocycles. The molecule has 0 aliphatic heterocycles. The molecule has 0 radical (unpaired) electrons. The Morgan fingerprint density at radius 2 is 0.725 bits per heavy atom. The Morgan fingerprint density at radius 1 is 0.406 bits per heavy atom. The summed E-state index contributed by atoms with van der Waals surface area (Å²) in [4.78, 5) is 24.5. The number of amides is 1. The summed E-state index contributed by atoms with van der Waals surface area (Å²) < 4.78 is 5.50. The molecule has 0 fully saturated rings. The molecule has 6 nitrogen and oxygen atoms in total. The molecule has 1 amide bonds. The van der Waals surface area contributed by atoms with Crippen molar-refractivity contribution in [3.05, 3.63) is 36.5 Å². The van der Waals surface area contributed by atoms with Crippen molar-refractivity contribution in [2.45, 2.75) is 341 Å². The lowest BCUT2D eigenvalue weighted by atomic mass is 10.0. The molecule has 406 valence electrons. The molecule has 0 aliphatic rings. The van der Waals surface area contributed by atoms with E-state index in [9.17, 15) is 19.8 Å². The first kappa shape index (κ1) is 67.1. The highest BCUT2D eigenvalue weighted by Gasteiger charge is 2.18. The molecule has 2 unspecified atom stereocenters. The maximum atomic E-state index is 12.4. The highest BCUT2D eigenvalue weighted by Crippen LogP contribution is 2.17. The van der Waals surface area contributed by atoms with Gasteiger partial charge in [-0.25, -0.2) is 0 Å². The van der Waals surface area contributed by atoms with Crippen molar-refractivity contribution < 1.29 is 24.5 Å². The Balaban J connectivity index is 3.40. The third-order valence-corrected chi connectivity index (χ3v) is 14.2. The summed E-state index contributed by atoms with van der Waals surface area (Å²) in [5, 5.41) is 22.9. The quantitative estimate of drug-likeness (QED) is 0.0321. The van der Waals surface area contributed by atoms with E-state index in [1.807, 2.05) is 6.08 Å². The number of carbonyl (C=O) groups is 2. The minimum absolute atomic E-state index is 0.0127. The first-order valence-electron chi connectivity index (χ1n) is 30.8. The Morgan fingerprint density at radius 3 is 1.10 bits per heavy atom. The van der Waals surface area contributed by atoms with Crippen LogP contribution in [0.3, 0.4) is 0 Å². The second kappa shape index (κ2) is 58.6. The average Bonchev–Trinajstić information content (AvgIpc) is 3.35. The number of hydrogen-bond donors (Lipinski definition) is 3. The van der Waals surface area contributed by atoms with Crippen LogP contribution in [0.1, 0.15) is 328 Å². The summed E-state index contributed by atoms with van der Waals surface area (Å²) in [7, 11) is 0. The molecule has 0 bridgehead atoms. The first-order chi connectivity index (χ1) is 34.0. The standard InChI is InChI=1S/C63H119NO5/c1-3-5-7-9-11-13-14-15-16-17-28-31-34-37-41-45-49-53-57-63(68)69-58-54-50-46-42-38-35-32-29-26-24-22-20-18-19-21-23-25-27-30-33-36-40-44-48-52-56-62(67)64-60(59-65)61(66)55-51-47-43-39-12-10-8-6-4-2/h19-22,51,55,60-61,65-66H,3-18,23-50,52-54,56-59H2,1-2H3,(H,64,67)/b21-19-,22-20-,55-51+. The maximum absolute atomic E-state index is 12.4. The van der Waals surface area contributed by atoms with Crippen molar-refractivity contribution in [3.8, 4) is 0 Å². The van der Waals surface area contributed by atoms with Crippen LogP contribution in [0, 0.1) is 0 Å². The van der Waals surface area contributed by atoms with E-state index >= 15 is 0 Å². The molecule has 69 heavy (non-hydrogen) atoms. The van der Waals surface area contributed by atoms with Gasteiger partial charge >= 0.3 is 5.97 Å². The molecular formula is C63H119NO5. The zero-order valence-electron chi connectivity index (χ0n) is 46.3. The molecule has 0 aromatic heterocycles. The van der Waals surface area contributed by atoms with Crippen LogP contribution >= 0.6 is 0 Å². The number of ether oxygens (including phenoxy) is 1. The van der Waals surface area contributed by atoms with Gasteiger partial charge in [0.15, 0.2) is 0 Å². The fourth-order valence-corrected chi connectivity index (χ4v) is 9.43. The number of aliphatic hydroxyl groups excluding tert-OH is 2. The Kier molecular flexibility index (Phi) is 57.0. The summed E-state index contributed by atoms with van der Waals surface area (Å²) in [6.07, 6.45) is 73.4. The average molecular weight is 971 g/mol. The lowest BCUT2D eigenvalue weighted by molar-refractivity contribution is -0.143. The van der Waals surface area contributed by atoms with Gasteiger partial charge < -0.3 is 20.3 Å². The van der Waals surface area contributed by atoms with Crippen molar-refractivity contribution >= 4 is 11.9 Å². The number of aliphatic hydroxyl groups is 2. The molecule has 2 atom stereocenters. The number of rotatable bonds is 57. The fraction of sp³-hybridized carbons (Fsp3) is 0.873. The van der Waals surface area contributed by atoms with Crippen molar-refractivity contribution in [1.29, 1.82) is 0 Å². The third kappa shape index (κ3) is 55.2. The van der Waals surface area contributed by atoms with Gasteiger partial charge in [-0.15, -0.1) is 0 Å². The van der Waals surface area contributed by atoms with E-state index in [2.05, 4.69) is 43.5 Å². The molecule has 0 aromatic rings. The van der Waals surface area contributed by atoms with Crippen molar-refractivity contribution in [2.24, 2.45) is 0 Å². The van der Waals surface area contributed by atoms with Gasteiger partial charge in [0.1, 0.15) is 0 Å². The molecule has 0 aliphatic carbocycles. The minimum Gasteiger partial charge on any atom is -0.466 e. The normalized spacial score (nSPS) is 12.8. The van der Waals surface area contributed by atoms with Crippen molar-refractivity contribution in [3.63, 3.8) is 0 Å². The van der Waals surface area contributed by atoms with Crippen molar-refractivity contribution in [1.82, 2.24) is 5.32 Å². The van der Waals surface area contributed by atoms with E-state index in [1.165, 1.54) is 257 Å². The number of carbonyl (C=O) groups excluding carboxylic acids is 2. The summed E-state index contributed by atoms with van der Waals surface area (Å²) >= 11 is 0. The molecule has 3 N–H and O–H groups in total. The van der Waals surface area contributed by atoms with E-state index in [4.69, 9.17) is 4.74 Å². The van der Waals surface area contributed by atoms with Crippen LogP contribution in [0.25, 0.3) is 0 Å². The van der Waals surface area contributed by atoms with Crippen molar-refractivity contribution in [2.75, 3.05) is 13.2 Å². The summed E-state index contributed by atoms with van der Waals surface area (Å²) in [6.45, 7) is 4.88. The second-order valence-corrected chi connectivity index (χ2v) is 21.0. The topological polar surface area (TPSA) is 95.9 Å². The van der Waals surface area contributed by atoms with E-state index < -0.39 is 12.1 Å². The molecule has 0 aromatic carbocycles. The maximum Gasteiger partial charge on any atom is 0.305 e. The number of allylic oxidation sites excluding steroid dienone is 5. The summed E-state index contributed by atoms with van der Waals surface area (Å²) in [5.41, 5.74) is 0. The van der Waals surface area contributed by atoms with E-state index in [0.29, 0.717) is 19.4 Å². The van der Waals surface area contributed by atoms with E-state index in [1.54, 1.807) is 6.08 Å². The minimum atomic E-state index is -0.846. The molecule has 0 saturated heterocycles. The Hall–Kier alpha value is -1.92. The van der Waals surface area contributed by atoms with E-state index in [-0.39, 0.29) is 18.5 Å². The Bertz CT molecular complexity index is 1120. The molecular weight excluding hydrogens is 851 g/mol. The summed E-state index contributed by atoms with van der Waals surface area (Å²) in [5.74, 6) is -0.0639. The van der Waals surface area contributed by atoms with Crippen LogP contribution in [0.2, 0.25) is 0 Å². The first-order valence-corrected chi connectivity index (χ1v) is 30.8. The van der Waals surface area contributed by atoms with Crippen LogP contribution < -0.4 is 5.32 Å². The van der Waals surface area contributed by atoms with Gasteiger partial charge in [0, 0.05) is 12.8 Å². The highest BCUT2D eigenvalue weighted by atomic mass is 16.5. The SMILES string of the molecule is CCCCCCCCC/C=C/C(O)C(CO)NC(=O)CCCCCCCCCCC/C=C\C/C=C\CCCCCCCCCCCOC(=O)CCCCCCCCCCCCCCCCCCCC. The monoisotopic (exact) mass is 970 g/mol. The van der Waals surface area contributed by atoms with Crippen LogP contribution in [0.5, 0.6) is 0 Å². The lowest BCUT2D eigenvalue weighted by Crippen LogP contribution is -2.45. The summed E-state index contributed by atoms with van der Waals surface area (Å²) in [6, 6.07) is -0.630. The van der Waals surface area contributed by atoms with Crippen LogP contribution in [-0.2, 0) is 14.3 Å². The molecule has 0 saturated carbocycles. The van der Waals surface area contributed by atoms with Crippen LogP contribution in [-0.4, -0.2) is 47.4 Å². The van der Waals surface area contributed by atoms with E-state index in [0.717, 1.165) is 44.9 Å². The zero-order chi connectivity index (χ0) is 50.0. The molecule has 0 rings (SSSR count). The highest BCUT2D eigenvalue weighted by molar-refractivity contribution is 5.76. The van der Waals surface area contributed by atoms with Gasteiger partial charge in [-0.3, -0.25) is 9.59 Å². The number of esters is 1. The van der Waals surface area contributed by atoms with Gasteiger partial charge in [-0.1, -0.05) is 288 Å². The largest absolute Gasteiger partial charge is 0.466 e. The molecule has 6 heteroatoms. The zero-order valence-corrected chi connectivity index (χ0v) is 46.3. The van der Waals surface area contributed by atoms with Gasteiger partial charge in [0.2, 0.25) is 5.91 Å². The predicted octanol–water partition coefficient (Wildman–Crippen LogP) is 19.2. The predicted molar refractivity (Wildman–Crippen MR) is 301 cm³/mol. The van der Waals surface area contributed by atoms with Gasteiger partial charge in [0.25, 0.3) is 0 Å². The fourth-order valence-electron chi connectivity index (χ4n) is 9.43. The van der Waals surface area contributed by atoms with Gasteiger partial charge in [-0.05, 0) is 64.2 Å². The van der Waals surface area contributed by atoms with Crippen LogP contribution in [0.15, 0.2) is 36.5 Å². The number of hydrogen-bond acceptors (Lipinski definition) is 5. The van der Waals surface area contributed by atoms with Gasteiger partial charge in [0.05, 0.1) is 25.4 Å². The Labute approximate surface area is 430 Å². The molecule has 0 spiro atoms. The number of nitrogens with one attached hydrogen (secondary N) is 1.